The van der Waals surface area contributed by atoms with E-state index in [4.69, 9.17) is 25.8 Å². The summed E-state index contributed by atoms with van der Waals surface area (Å²) in [6, 6.07) is 11.1. The third kappa shape index (κ3) is 2.53. The minimum Gasteiger partial charge on any atom is -0.455 e. The van der Waals surface area contributed by atoms with Gasteiger partial charge in [-0.15, -0.1) is 0 Å². The van der Waals surface area contributed by atoms with Crippen LogP contribution in [0.1, 0.15) is 5.56 Å². The second-order valence-corrected chi connectivity index (χ2v) is 4.78. The lowest BCUT2D eigenvalue weighted by Gasteiger charge is -2.13. The highest BCUT2D eigenvalue weighted by atomic mass is 35.5. The zero-order valence-corrected chi connectivity index (χ0v) is 11.7. The molecule has 0 fully saturated rings. The third-order valence-corrected chi connectivity index (χ3v) is 3.28. The van der Waals surface area contributed by atoms with Crippen molar-refractivity contribution in [3.63, 3.8) is 0 Å². The fourth-order valence-corrected chi connectivity index (χ4v) is 2.29. The molecule has 0 bridgehead atoms. The summed E-state index contributed by atoms with van der Waals surface area (Å²) in [5, 5.41) is 3.67. The molecule has 20 heavy (non-hydrogen) atoms. The van der Waals surface area contributed by atoms with Crippen LogP contribution >= 0.6 is 11.6 Å². The predicted molar refractivity (Wildman–Crippen MR) is 76.9 cm³/mol. The molecule has 0 radical (unpaired) electrons. The summed E-state index contributed by atoms with van der Waals surface area (Å²) < 4.78 is 16.5. The maximum absolute atomic E-state index is 6.22. The normalized spacial score (nSPS) is 12.5. The molecule has 1 aliphatic heterocycles. The van der Waals surface area contributed by atoms with E-state index in [0.29, 0.717) is 28.8 Å². The van der Waals surface area contributed by atoms with Crippen molar-refractivity contribution in [3.05, 3.63) is 47.0 Å². The van der Waals surface area contributed by atoms with Gasteiger partial charge in [-0.1, -0.05) is 23.7 Å². The number of halogens is 1. The summed E-state index contributed by atoms with van der Waals surface area (Å²) in [7, 11) is 1.88. The molecule has 2 aromatic carbocycles. The number of ether oxygens (including phenoxy) is 3. The first-order valence-corrected chi connectivity index (χ1v) is 6.65. The molecular formula is C15H14ClNO3. The number of para-hydroxylation sites is 1. The Morgan fingerprint density at radius 1 is 1.20 bits per heavy atom. The minimum atomic E-state index is 0.246. The molecule has 1 aliphatic rings. The van der Waals surface area contributed by atoms with Crippen molar-refractivity contribution in [1.29, 1.82) is 0 Å². The number of hydrogen-bond donors (Lipinski definition) is 1. The van der Waals surface area contributed by atoms with Crippen LogP contribution in [0.2, 0.25) is 5.02 Å². The molecule has 4 nitrogen and oxygen atoms in total. The van der Waals surface area contributed by atoms with Crippen LogP contribution in [-0.2, 0) is 6.54 Å². The lowest BCUT2D eigenvalue weighted by Crippen LogP contribution is -2.06. The Hall–Kier alpha value is -1.91. The van der Waals surface area contributed by atoms with E-state index in [9.17, 15) is 0 Å². The van der Waals surface area contributed by atoms with Gasteiger partial charge >= 0.3 is 0 Å². The number of nitrogens with one attached hydrogen (secondary N) is 1. The monoisotopic (exact) mass is 291 g/mol. The zero-order valence-electron chi connectivity index (χ0n) is 11.0. The fraction of sp³-hybridized carbons (Fsp3) is 0.200. The molecule has 0 aromatic heterocycles. The van der Waals surface area contributed by atoms with Gasteiger partial charge in [-0.3, -0.25) is 0 Å². The summed E-state index contributed by atoms with van der Waals surface area (Å²) in [6.45, 7) is 0.927. The van der Waals surface area contributed by atoms with E-state index in [2.05, 4.69) is 5.32 Å². The molecule has 0 aliphatic carbocycles. The van der Waals surface area contributed by atoms with Gasteiger partial charge in [0.2, 0.25) is 6.79 Å². The third-order valence-electron chi connectivity index (χ3n) is 2.98. The molecule has 1 N–H and O–H groups in total. The molecule has 0 atom stereocenters. The highest BCUT2D eigenvalue weighted by Gasteiger charge is 2.15. The van der Waals surface area contributed by atoms with Gasteiger partial charge in [0.15, 0.2) is 11.5 Å². The first kappa shape index (κ1) is 13.1. The SMILES string of the molecule is CNCc1cccc(Cl)c1Oc1ccc2c(c1)OCO2. The largest absolute Gasteiger partial charge is 0.455 e. The quantitative estimate of drug-likeness (QED) is 0.934. The van der Waals surface area contributed by atoms with E-state index in [1.54, 1.807) is 6.07 Å². The van der Waals surface area contributed by atoms with Crippen molar-refractivity contribution >= 4 is 11.6 Å². The van der Waals surface area contributed by atoms with E-state index in [0.717, 1.165) is 11.3 Å². The summed E-state index contributed by atoms with van der Waals surface area (Å²) in [6.07, 6.45) is 0. The minimum absolute atomic E-state index is 0.246. The molecular weight excluding hydrogens is 278 g/mol. The van der Waals surface area contributed by atoms with Gasteiger partial charge in [0.1, 0.15) is 11.5 Å². The lowest BCUT2D eigenvalue weighted by atomic mass is 10.2. The Morgan fingerprint density at radius 2 is 2.05 bits per heavy atom. The van der Waals surface area contributed by atoms with Crippen LogP contribution in [0.25, 0.3) is 0 Å². The summed E-state index contributed by atoms with van der Waals surface area (Å²) in [5.74, 6) is 2.73. The molecule has 0 spiro atoms. The maximum Gasteiger partial charge on any atom is 0.231 e. The standard InChI is InChI=1S/C15H14ClNO3/c1-17-8-10-3-2-4-12(16)15(10)20-11-5-6-13-14(7-11)19-9-18-13/h2-7,17H,8-9H2,1H3. The van der Waals surface area contributed by atoms with Gasteiger partial charge in [-0.2, -0.15) is 0 Å². The molecule has 5 heteroatoms. The number of hydrogen-bond acceptors (Lipinski definition) is 4. The van der Waals surface area contributed by atoms with E-state index >= 15 is 0 Å². The fourth-order valence-electron chi connectivity index (χ4n) is 2.06. The van der Waals surface area contributed by atoms with Gasteiger partial charge in [0.05, 0.1) is 5.02 Å². The topological polar surface area (TPSA) is 39.7 Å². The zero-order chi connectivity index (χ0) is 13.9. The molecule has 1 heterocycles. The van der Waals surface area contributed by atoms with Crippen LogP contribution in [-0.4, -0.2) is 13.8 Å². The summed E-state index contributed by atoms with van der Waals surface area (Å²) in [4.78, 5) is 0. The van der Waals surface area contributed by atoms with E-state index in [-0.39, 0.29) is 6.79 Å². The van der Waals surface area contributed by atoms with E-state index in [1.165, 1.54) is 0 Å². The Kier molecular flexibility index (Phi) is 3.67. The molecule has 104 valence electrons. The number of benzene rings is 2. The number of fused-ring (bicyclic) bond motifs is 1. The molecule has 0 unspecified atom stereocenters. The Morgan fingerprint density at radius 3 is 2.90 bits per heavy atom. The van der Waals surface area contributed by atoms with E-state index < -0.39 is 0 Å². The van der Waals surface area contributed by atoms with Gasteiger partial charge in [-0.25, -0.2) is 0 Å². The summed E-state index contributed by atoms with van der Waals surface area (Å²) >= 11 is 6.22. The van der Waals surface area contributed by atoms with Gasteiger partial charge < -0.3 is 19.5 Å². The van der Waals surface area contributed by atoms with Crippen LogP contribution in [0.3, 0.4) is 0 Å². The van der Waals surface area contributed by atoms with Crippen molar-refractivity contribution in [3.8, 4) is 23.0 Å². The van der Waals surface area contributed by atoms with Crippen molar-refractivity contribution in [2.45, 2.75) is 6.54 Å². The van der Waals surface area contributed by atoms with Crippen molar-refractivity contribution in [2.75, 3.05) is 13.8 Å². The first-order valence-electron chi connectivity index (χ1n) is 6.27. The van der Waals surface area contributed by atoms with Gasteiger partial charge in [0.25, 0.3) is 0 Å². The second kappa shape index (κ2) is 5.61. The first-order chi connectivity index (χ1) is 9.78. The highest BCUT2D eigenvalue weighted by molar-refractivity contribution is 6.32. The molecule has 0 amide bonds. The number of rotatable bonds is 4. The Labute approximate surface area is 122 Å². The van der Waals surface area contributed by atoms with Crippen LogP contribution in [0.4, 0.5) is 0 Å². The average molecular weight is 292 g/mol. The smallest absolute Gasteiger partial charge is 0.231 e. The van der Waals surface area contributed by atoms with Crippen molar-refractivity contribution in [2.24, 2.45) is 0 Å². The highest BCUT2D eigenvalue weighted by Crippen LogP contribution is 2.39. The van der Waals surface area contributed by atoms with Gasteiger partial charge in [0, 0.05) is 18.2 Å². The molecule has 0 saturated heterocycles. The molecule has 3 rings (SSSR count). The Bertz CT molecular complexity index is 631. The van der Waals surface area contributed by atoms with Crippen LogP contribution in [0.15, 0.2) is 36.4 Å². The van der Waals surface area contributed by atoms with Crippen LogP contribution in [0, 0.1) is 0 Å². The predicted octanol–water partition coefficient (Wildman–Crippen LogP) is 3.58. The average Bonchev–Trinajstić information content (AvgIpc) is 2.90. The van der Waals surface area contributed by atoms with Crippen LogP contribution in [0.5, 0.6) is 23.0 Å². The van der Waals surface area contributed by atoms with E-state index in [1.807, 2.05) is 37.4 Å². The van der Waals surface area contributed by atoms with Crippen LogP contribution < -0.4 is 19.5 Å². The Balaban J connectivity index is 1.91. The van der Waals surface area contributed by atoms with Crippen molar-refractivity contribution in [1.82, 2.24) is 5.32 Å². The summed E-state index contributed by atoms with van der Waals surface area (Å²) in [5.41, 5.74) is 0.998. The maximum atomic E-state index is 6.22. The van der Waals surface area contributed by atoms with Gasteiger partial charge in [-0.05, 0) is 25.2 Å². The molecule has 2 aromatic rings. The molecule has 0 saturated carbocycles. The lowest BCUT2D eigenvalue weighted by molar-refractivity contribution is 0.174. The van der Waals surface area contributed by atoms with Crippen molar-refractivity contribution < 1.29 is 14.2 Å². The second-order valence-electron chi connectivity index (χ2n) is 4.38.